The Morgan fingerprint density at radius 2 is 1.58 bits per heavy atom. The van der Waals surface area contributed by atoms with Gasteiger partial charge in [0.2, 0.25) is 11.8 Å². The van der Waals surface area contributed by atoms with E-state index in [0.717, 1.165) is 18.1 Å². The molecule has 17 nitrogen and oxygen atoms in total. The van der Waals surface area contributed by atoms with Gasteiger partial charge in [0.05, 0.1) is 31.4 Å². The van der Waals surface area contributed by atoms with Crippen LogP contribution in [-0.4, -0.2) is 92.0 Å². The average molecular weight is 797 g/mol. The number of nitrogen functional groups attached to an aromatic ring is 1. The van der Waals surface area contributed by atoms with Crippen LogP contribution in [0.4, 0.5) is 10.7 Å². The molecule has 0 aliphatic carbocycles. The van der Waals surface area contributed by atoms with Crippen molar-refractivity contribution in [2.75, 3.05) is 38.0 Å². The highest BCUT2D eigenvalue weighted by atomic mass is 35.5. The van der Waals surface area contributed by atoms with Crippen molar-refractivity contribution in [3.05, 3.63) is 77.1 Å². The number of hydrogen-bond acceptors (Lipinski definition) is 15. The van der Waals surface area contributed by atoms with Crippen LogP contribution in [0.5, 0.6) is 5.88 Å². The van der Waals surface area contributed by atoms with Gasteiger partial charge in [0.1, 0.15) is 43.4 Å². The second kappa shape index (κ2) is 16.1. The standard InChI is InChI=1S/C33H41ClN6O11S2/c1-32(2,3)51-31(41)36-15-24-26(46-16-22-11-13-23(34)14-12-22)33(18-48-52(4,42)43,19-49-53(5,44)45)50-29(24)40-20-37-25-27(40)38-30(35)39-28(25)47-17-21-9-7-6-8-10-21/h6-14,20,24,26,29H,15-19H2,1-5H3,(H,36,41)(H2,35,38,39)/t24-,26+,29-/m1/s1. The molecule has 53 heavy (non-hydrogen) atoms. The van der Waals surface area contributed by atoms with Crippen LogP contribution in [0.15, 0.2) is 60.9 Å². The predicted octanol–water partition coefficient (Wildman–Crippen LogP) is 3.59. The van der Waals surface area contributed by atoms with Crippen LogP contribution in [0.25, 0.3) is 11.2 Å². The molecule has 1 aliphatic heterocycles. The maximum Gasteiger partial charge on any atom is 0.407 e. The molecule has 2 aromatic carbocycles. The van der Waals surface area contributed by atoms with E-state index in [-0.39, 0.29) is 42.8 Å². The quantitative estimate of drug-likeness (QED) is 0.164. The third-order valence-corrected chi connectivity index (χ3v) is 9.13. The maximum atomic E-state index is 13.0. The monoisotopic (exact) mass is 796 g/mol. The molecule has 0 bridgehead atoms. The summed E-state index contributed by atoms with van der Waals surface area (Å²) in [6.07, 6.45) is -0.172. The summed E-state index contributed by atoms with van der Waals surface area (Å²) in [6, 6.07) is 16.1. The molecular formula is C33H41ClN6O11S2. The lowest BCUT2D eigenvalue weighted by atomic mass is 9.90. The van der Waals surface area contributed by atoms with E-state index in [2.05, 4.69) is 20.3 Å². The number of aromatic nitrogens is 4. The lowest BCUT2D eigenvalue weighted by Crippen LogP contribution is -2.52. The van der Waals surface area contributed by atoms with E-state index in [9.17, 15) is 21.6 Å². The number of hydrogen-bond donors (Lipinski definition) is 2. The minimum atomic E-state index is -4.13. The summed E-state index contributed by atoms with van der Waals surface area (Å²) in [5, 5.41) is 3.21. The number of ether oxygens (including phenoxy) is 4. The van der Waals surface area contributed by atoms with Gasteiger partial charge in [-0.15, -0.1) is 0 Å². The fourth-order valence-electron chi connectivity index (χ4n) is 5.57. The lowest BCUT2D eigenvalue weighted by Gasteiger charge is -2.34. The number of fused-ring (bicyclic) bond motifs is 1. The molecule has 0 unspecified atom stereocenters. The Labute approximate surface area is 312 Å². The van der Waals surface area contributed by atoms with Gasteiger partial charge in [0, 0.05) is 11.6 Å². The molecule has 0 radical (unpaired) electrons. The molecule has 2 aromatic heterocycles. The van der Waals surface area contributed by atoms with Crippen LogP contribution in [0.3, 0.4) is 0 Å². The number of imidazole rings is 1. The van der Waals surface area contributed by atoms with Gasteiger partial charge in [0.15, 0.2) is 11.2 Å². The zero-order valence-corrected chi connectivity index (χ0v) is 32.0. The molecule has 1 fully saturated rings. The second-order valence-electron chi connectivity index (χ2n) is 13.4. The first kappa shape index (κ1) is 40.1. The van der Waals surface area contributed by atoms with Crippen LogP contribution in [0.2, 0.25) is 5.02 Å². The molecule has 1 saturated heterocycles. The Bertz CT molecular complexity index is 2080. The maximum absolute atomic E-state index is 13.0. The zero-order valence-electron chi connectivity index (χ0n) is 29.6. The van der Waals surface area contributed by atoms with E-state index in [1.807, 2.05) is 30.3 Å². The van der Waals surface area contributed by atoms with Gasteiger partial charge < -0.3 is 30.0 Å². The molecule has 288 valence electrons. The van der Waals surface area contributed by atoms with Crippen LogP contribution in [0.1, 0.15) is 38.1 Å². The first-order chi connectivity index (χ1) is 24.8. The van der Waals surface area contributed by atoms with E-state index >= 15 is 0 Å². The predicted molar refractivity (Wildman–Crippen MR) is 193 cm³/mol. The third kappa shape index (κ3) is 11.0. The Balaban J connectivity index is 1.62. The highest BCUT2D eigenvalue weighted by Gasteiger charge is 2.58. The molecule has 20 heteroatoms. The van der Waals surface area contributed by atoms with Crippen molar-refractivity contribution in [1.82, 2.24) is 24.8 Å². The Hall–Kier alpha value is -4.11. The Morgan fingerprint density at radius 3 is 2.19 bits per heavy atom. The minimum absolute atomic E-state index is 0.0687. The molecule has 0 spiro atoms. The topological polar surface area (TPSA) is 222 Å². The number of nitrogens with two attached hydrogens (primary N) is 1. The first-order valence-electron chi connectivity index (χ1n) is 16.2. The van der Waals surface area contributed by atoms with Crippen LogP contribution >= 0.6 is 11.6 Å². The number of nitrogens with one attached hydrogen (secondary N) is 1. The van der Waals surface area contributed by atoms with Crippen LogP contribution in [0, 0.1) is 5.92 Å². The van der Waals surface area contributed by atoms with Gasteiger partial charge in [-0.05, 0) is 44.0 Å². The molecule has 0 saturated carbocycles. The molecule has 4 aromatic rings. The number of carbonyl (C=O) groups is 1. The first-order valence-corrected chi connectivity index (χ1v) is 20.2. The van der Waals surface area contributed by atoms with Crippen LogP contribution < -0.4 is 15.8 Å². The average Bonchev–Trinajstić information content (AvgIpc) is 3.62. The highest BCUT2D eigenvalue weighted by molar-refractivity contribution is 7.86. The minimum Gasteiger partial charge on any atom is -0.471 e. The number of benzene rings is 2. The van der Waals surface area contributed by atoms with Crippen molar-refractivity contribution in [1.29, 1.82) is 0 Å². The van der Waals surface area contributed by atoms with Gasteiger partial charge in [-0.2, -0.15) is 26.8 Å². The van der Waals surface area contributed by atoms with Crippen molar-refractivity contribution in [3.8, 4) is 5.88 Å². The van der Waals surface area contributed by atoms with Crippen molar-refractivity contribution < 1.29 is 48.9 Å². The van der Waals surface area contributed by atoms with Gasteiger partial charge in [-0.25, -0.2) is 9.78 Å². The van der Waals surface area contributed by atoms with Gasteiger partial charge >= 0.3 is 6.09 Å². The largest absolute Gasteiger partial charge is 0.471 e. The van der Waals surface area contributed by atoms with Gasteiger partial charge in [0.25, 0.3) is 20.2 Å². The third-order valence-electron chi connectivity index (χ3n) is 7.79. The van der Waals surface area contributed by atoms with Crippen molar-refractivity contribution in [2.24, 2.45) is 5.92 Å². The van der Waals surface area contributed by atoms with E-state index < -0.39 is 69.0 Å². The van der Waals surface area contributed by atoms with Gasteiger partial charge in [-0.3, -0.25) is 12.9 Å². The number of alkyl carbamates (subject to hydrolysis) is 1. The normalized spacial score (nSPS) is 18.9. The molecule has 3 N–H and O–H groups in total. The van der Waals surface area contributed by atoms with Crippen molar-refractivity contribution >= 4 is 55.0 Å². The number of anilines is 1. The van der Waals surface area contributed by atoms with E-state index in [0.29, 0.717) is 10.6 Å². The summed E-state index contributed by atoms with van der Waals surface area (Å²) in [6.45, 7) is 3.43. The summed E-state index contributed by atoms with van der Waals surface area (Å²) < 4.78 is 86.1. The molecular weight excluding hydrogens is 756 g/mol. The van der Waals surface area contributed by atoms with E-state index in [1.165, 1.54) is 10.9 Å². The van der Waals surface area contributed by atoms with Crippen LogP contribution in [-0.2, 0) is 56.0 Å². The fourth-order valence-corrected chi connectivity index (χ4v) is 6.52. The fraction of sp³-hybridized carbons (Fsp3) is 0.455. The summed E-state index contributed by atoms with van der Waals surface area (Å²) in [5.74, 6) is -1.03. The number of carbonyl (C=O) groups excluding carboxylic acids is 1. The van der Waals surface area contributed by atoms with Crippen molar-refractivity contribution in [3.63, 3.8) is 0 Å². The van der Waals surface area contributed by atoms with E-state index in [1.54, 1.807) is 45.0 Å². The summed E-state index contributed by atoms with van der Waals surface area (Å²) in [4.78, 5) is 26.1. The second-order valence-corrected chi connectivity index (χ2v) is 17.1. The van der Waals surface area contributed by atoms with Crippen molar-refractivity contribution in [2.45, 2.75) is 57.5 Å². The van der Waals surface area contributed by atoms with Gasteiger partial charge in [-0.1, -0.05) is 54.1 Å². The Morgan fingerprint density at radius 1 is 0.962 bits per heavy atom. The Kier molecular flexibility index (Phi) is 12.2. The molecule has 3 atom stereocenters. The number of halogens is 1. The molecule has 5 rings (SSSR count). The lowest BCUT2D eigenvalue weighted by molar-refractivity contribution is -0.153. The number of amides is 1. The SMILES string of the molecule is CC(C)(C)OC(=O)NC[C@H]1[C@H](n2cnc3c(OCc4ccccc4)nc(N)nc32)OC(COS(C)(=O)=O)(COS(C)(=O)=O)[C@H]1OCc1ccc(Cl)cc1. The smallest absolute Gasteiger partial charge is 0.407 e. The number of rotatable bonds is 15. The molecule has 1 aliphatic rings. The summed E-state index contributed by atoms with van der Waals surface area (Å²) >= 11 is 6.09. The summed E-state index contributed by atoms with van der Waals surface area (Å²) in [5.41, 5.74) is 5.22. The summed E-state index contributed by atoms with van der Waals surface area (Å²) in [7, 11) is -8.25. The zero-order chi connectivity index (χ0) is 38.6. The van der Waals surface area contributed by atoms with E-state index in [4.69, 9.17) is 44.6 Å². The molecule has 3 heterocycles. The highest BCUT2D eigenvalue weighted by Crippen LogP contribution is 2.46. The number of nitrogens with zero attached hydrogens (tertiary/aromatic N) is 4. The molecule has 1 amide bonds.